The third kappa shape index (κ3) is 3.99. The number of hydrogen-bond acceptors (Lipinski definition) is 4. The summed E-state index contributed by atoms with van der Waals surface area (Å²) < 4.78 is 5.79. The molecular weight excluding hydrogens is 244 g/mol. The molecule has 0 radical (unpaired) electrons. The molecule has 1 aromatic carbocycles. The lowest BCUT2D eigenvalue weighted by Gasteiger charge is -2.31. The molecule has 1 aliphatic rings. The van der Waals surface area contributed by atoms with Crippen molar-refractivity contribution >= 4 is 11.8 Å². The fraction of sp³-hybridized carbons (Fsp3) is 0.571. The quantitative estimate of drug-likeness (QED) is 0.827. The minimum absolute atomic E-state index is 0.359. The SMILES string of the molecule is CCN1CCOC(CSc2ccc(CN)cc2)C1. The number of nitrogens with two attached hydrogens (primary N) is 1. The normalized spacial score (nSPS) is 21.1. The van der Waals surface area contributed by atoms with Gasteiger partial charge in [-0.05, 0) is 24.2 Å². The van der Waals surface area contributed by atoms with E-state index in [0.717, 1.165) is 32.0 Å². The first kappa shape index (κ1) is 13.9. The van der Waals surface area contributed by atoms with Crippen molar-refractivity contribution in [3.05, 3.63) is 29.8 Å². The molecule has 0 aromatic heterocycles. The molecule has 100 valence electrons. The number of ether oxygens (including phenoxy) is 1. The lowest BCUT2D eigenvalue weighted by Crippen LogP contribution is -2.43. The molecule has 0 amide bonds. The van der Waals surface area contributed by atoms with Gasteiger partial charge in [0.05, 0.1) is 12.7 Å². The topological polar surface area (TPSA) is 38.5 Å². The van der Waals surface area contributed by atoms with Crippen molar-refractivity contribution in [2.75, 3.05) is 32.0 Å². The van der Waals surface area contributed by atoms with Crippen LogP contribution >= 0.6 is 11.8 Å². The first-order valence-corrected chi connectivity index (χ1v) is 7.56. The zero-order valence-corrected chi connectivity index (χ0v) is 11.8. The number of likely N-dealkylation sites (N-methyl/N-ethyl adjacent to an activating group) is 1. The van der Waals surface area contributed by atoms with E-state index in [1.807, 2.05) is 11.8 Å². The molecule has 3 nitrogen and oxygen atoms in total. The molecule has 1 atom stereocenters. The average molecular weight is 266 g/mol. The van der Waals surface area contributed by atoms with E-state index in [1.165, 1.54) is 10.5 Å². The van der Waals surface area contributed by atoms with Crippen LogP contribution in [-0.2, 0) is 11.3 Å². The lowest BCUT2D eigenvalue weighted by molar-refractivity contribution is -0.0137. The molecule has 2 N–H and O–H groups in total. The number of benzene rings is 1. The van der Waals surface area contributed by atoms with Crippen LogP contribution in [0.3, 0.4) is 0 Å². The Labute approximate surface area is 114 Å². The van der Waals surface area contributed by atoms with E-state index in [4.69, 9.17) is 10.5 Å². The molecule has 0 spiro atoms. The molecule has 4 heteroatoms. The van der Waals surface area contributed by atoms with E-state index in [1.54, 1.807) is 0 Å². The van der Waals surface area contributed by atoms with Gasteiger partial charge in [-0.3, -0.25) is 4.90 Å². The van der Waals surface area contributed by atoms with E-state index >= 15 is 0 Å². The Hall–Kier alpha value is -0.550. The van der Waals surface area contributed by atoms with Gasteiger partial charge in [-0.15, -0.1) is 11.8 Å². The van der Waals surface area contributed by atoms with Gasteiger partial charge in [0.2, 0.25) is 0 Å². The number of nitrogens with zero attached hydrogens (tertiary/aromatic N) is 1. The Balaban J connectivity index is 1.79. The zero-order valence-electron chi connectivity index (χ0n) is 11.0. The Bertz CT molecular complexity index is 355. The van der Waals surface area contributed by atoms with E-state index in [9.17, 15) is 0 Å². The molecule has 1 saturated heterocycles. The van der Waals surface area contributed by atoms with Crippen molar-refractivity contribution in [2.24, 2.45) is 5.73 Å². The second-order valence-corrected chi connectivity index (χ2v) is 5.64. The van der Waals surface area contributed by atoms with Gasteiger partial charge in [0.15, 0.2) is 0 Å². The highest BCUT2D eigenvalue weighted by atomic mass is 32.2. The largest absolute Gasteiger partial charge is 0.375 e. The molecule has 1 fully saturated rings. The van der Waals surface area contributed by atoms with Gasteiger partial charge >= 0.3 is 0 Å². The fourth-order valence-corrected chi connectivity index (χ4v) is 2.99. The lowest BCUT2D eigenvalue weighted by atomic mass is 10.2. The predicted molar refractivity (Wildman–Crippen MR) is 76.9 cm³/mol. The highest BCUT2D eigenvalue weighted by molar-refractivity contribution is 7.99. The summed E-state index contributed by atoms with van der Waals surface area (Å²) in [5, 5.41) is 0. The van der Waals surface area contributed by atoms with Gasteiger partial charge in [0, 0.05) is 30.3 Å². The van der Waals surface area contributed by atoms with Crippen molar-refractivity contribution < 1.29 is 4.74 Å². The van der Waals surface area contributed by atoms with Crippen LogP contribution in [-0.4, -0.2) is 43.0 Å². The molecule has 0 bridgehead atoms. The van der Waals surface area contributed by atoms with E-state index < -0.39 is 0 Å². The molecule has 1 aliphatic heterocycles. The first-order valence-electron chi connectivity index (χ1n) is 6.57. The summed E-state index contributed by atoms with van der Waals surface area (Å²) in [6.45, 7) is 6.94. The number of rotatable bonds is 5. The number of thioether (sulfide) groups is 1. The molecule has 1 unspecified atom stereocenters. The smallest absolute Gasteiger partial charge is 0.0796 e. The summed E-state index contributed by atoms with van der Waals surface area (Å²) in [6.07, 6.45) is 0.359. The van der Waals surface area contributed by atoms with Crippen LogP contribution in [0.2, 0.25) is 0 Å². The van der Waals surface area contributed by atoms with Crippen molar-refractivity contribution in [1.82, 2.24) is 4.90 Å². The minimum Gasteiger partial charge on any atom is -0.375 e. The van der Waals surface area contributed by atoms with Crippen molar-refractivity contribution in [2.45, 2.75) is 24.5 Å². The fourth-order valence-electron chi connectivity index (χ4n) is 2.08. The maximum Gasteiger partial charge on any atom is 0.0796 e. The van der Waals surface area contributed by atoms with Crippen LogP contribution in [0.25, 0.3) is 0 Å². The summed E-state index contributed by atoms with van der Waals surface area (Å²) in [4.78, 5) is 3.75. The van der Waals surface area contributed by atoms with Crippen molar-refractivity contribution in [3.63, 3.8) is 0 Å². The highest BCUT2D eigenvalue weighted by Crippen LogP contribution is 2.21. The minimum atomic E-state index is 0.359. The molecule has 2 rings (SSSR count). The van der Waals surface area contributed by atoms with E-state index in [-0.39, 0.29) is 0 Å². The van der Waals surface area contributed by atoms with Crippen molar-refractivity contribution in [1.29, 1.82) is 0 Å². The van der Waals surface area contributed by atoms with Crippen LogP contribution < -0.4 is 5.73 Å². The standard InChI is InChI=1S/C14H22N2OS/c1-2-16-7-8-17-13(10-16)11-18-14-5-3-12(9-15)4-6-14/h3-6,13H,2,7-11,15H2,1H3. The van der Waals surface area contributed by atoms with Gasteiger partial charge in [0.25, 0.3) is 0 Å². The van der Waals surface area contributed by atoms with Gasteiger partial charge in [-0.1, -0.05) is 19.1 Å². The van der Waals surface area contributed by atoms with Crippen LogP contribution in [0.15, 0.2) is 29.2 Å². The maximum atomic E-state index is 5.79. The molecule has 0 aliphatic carbocycles. The molecule has 1 heterocycles. The second kappa shape index (κ2) is 7.14. The van der Waals surface area contributed by atoms with Crippen LogP contribution in [0.1, 0.15) is 12.5 Å². The third-order valence-corrected chi connectivity index (χ3v) is 4.41. The predicted octanol–water partition coefficient (Wildman–Crippen LogP) is 1.96. The summed E-state index contributed by atoms with van der Waals surface area (Å²) in [5.74, 6) is 1.03. The van der Waals surface area contributed by atoms with Crippen LogP contribution in [0, 0.1) is 0 Å². The van der Waals surface area contributed by atoms with Crippen LogP contribution in [0.5, 0.6) is 0 Å². The molecule has 18 heavy (non-hydrogen) atoms. The average Bonchev–Trinajstić information content (AvgIpc) is 2.46. The second-order valence-electron chi connectivity index (χ2n) is 4.55. The summed E-state index contributed by atoms with van der Waals surface area (Å²) >= 11 is 1.87. The Morgan fingerprint density at radius 3 is 2.83 bits per heavy atom. The Morgan fingerprint density at radius 2 is 2.17 bits per heavy atom. The Kier molecular flexibility index (Phi) is 5.50. The van der Waals surface area contributed by atoms with Gasteiger partial charge < -0.3 is 10.5 Å². The first-order chi connectivity index (χ1) is 8.81. The van der Waals surface area contributed by atoms with Crippen LogP contribution in [0.4, 0.5) is 0 Å². The number of morpholine rings is 1. The zero-order chi connectivity index (χ0) is 12.8. The molecule has 0 saturated carbocycles. The monoisotopic (exact) mass is 266 g/mol. The van der Waals surface area contributed by atoms with E-state index in [0.29, 0.717) is 12.6 Å². The molecule has 1 aromatic rings. The highest BCUT2D eigenvalue weighted by Gasteiger charge is 2.19. The summed E-state index contributed by atoms with van der Waals surface area (Å²) in [6, 6.07) is 8.49. The van der Waals surface area contributed by atoms with Crippen molar-refractivity contribution in [3.8, 4) is 0 Å². The third-order valence-electron chi connectivity index (χ3n) is 3.27. The van der Waals surface area contributed by atoms with Gasteiger partial charge in [-0.25, -0.2) is 0 Å². The Morgan fingerprint density at radius 1 is 1.39 bits per heavy atom. The summed E-state index contributed by atoms with van der Waals surface area (Å²) in [7, 11) is 0. The number of hydrogen-bond donors (Lipinski definition) is 1. The van der Waals surface area contributed by atoms with Gasteiger partial charge in [0.1, 0.15) is 0 Å². The van der Waals surface area contributed by atoms with E-state index in [2.05, 4.69) is 36.1 Å². The van der Waals surface area contributed by atoms with Gasteiger partial charge in [-0.2, -0.15) is 0 Å². The molecular formula is C14H22N2OS. The summed E-state index contributed by atoms with van der Waals surface area (Å²) in [5.41, 5.74) is 6.77. The maximum absolute atomic E-state index is 5.79.